The molecule has 1 saturated carbocycles. The normalized spacial score (nSPS) is 14.1. The standard InChI is InChI=1S/C17H22N4/c1-10-7-11(2)16(12(3)8-10)20-15-9-14(13-5-6-13)19-17(18-4)21-15/h7-9,13H,5-6H2,1-4H3,(H2,18,19,20,21). The molecule has 0 unspecified atom stereocenters. The monoisotopic (exact) mass is 282 g/mol. The SMILES string of the molecule is CNc1nc(Nc2c(C)cc(C)cc2C)cc(C2CC2)n1. The minimum atomic E-state index is 0.612. The largest absolute Gasteiger partial charge is 0.357 e. The van der Waals surface area contributed by atoms with Crippen molar-refractivity contribution in [3.05, 3.63) is 40.6 Å². The molecule has 1 aliphatic carbocycles. The van der Waals surface area contributed by atoms with Crippen LogP contribution in [0.1, 0.15) is 41.1 Å². The summed E-state index contributed by atoms with van der Waals surface area (Å²) in [5, 5.41) is 6.53. The van der Waals surface area contributed by atoms with Gasteiger partial charge >= 0.3 is 0 Å². The van der Waals surface area contributed by atoms with Crippen LogP contribution in [0.5, 0.6) is 0 Å². The summed E-state index contributed by atoms with van der Waals surface area (Å²) in [5.41, 5.74) is 6.05. The number of rotatable bonds is 4. The Morgan fingerprint density at radius 1 is 1.00 bits per heavy atom. The summed E-state index contributed by atoms with van der Waals surface area (Å²) < 4.78 is 0. The van der Waals surface area contributed by atoms with Crippen molar-refractivity contribution in [1.82, 2.24) is 9.97 Å². The Hall–Kier alpha value is -2.10. The Labute approximate surface area is 126 Å². The van der Waals surface area contributed by atoms with Gasteiger partial charge < -0.3 is 10.6 Å². The Morgan fingerprint density at radius 3 is 2.24 bits per heavy atom. The number of hydrogen-bond donors (Lipinski definition) is 2. The molecule has 1 aromatic carbocycles. The molecule has 0 radical (unpaired) electrons. The summed E-state index contributed by atoms with van der Waals surface area (Å²) in [7, 11) is 1.86. The summed E-state index contributed by atoms with van der Waals surface area (Å²) in [6, 6.07) is 6.46. The molecule has 0 atom stereocenters. The number of nitrogens with one attached hydrogen (secondary N) is 2. The Balaban J connectivity index is 1.96. The van der Waals surface area contributed by atoms with Gasteiger partial charge in [0.25, 0.3) is 0 Å². The lowest BCUT2D eigenvalue weighted by molar-refractivity contribution is 0.991. The van der Waals surface area contributed by atoms with Crippen LogP contribution < -0.4 is 10.6 Å². The molecule has 3 rings (SSSR count). The third kappa shape index (κ3) is 2.99. The minimum absolute atomic E-state index is 0.612. The van der Waals surface area contributed by atoms with E-state index in [2.05, 4.69) is 59.6 Å². The number of nitrogens with zero attached hydrogens (tertiary/aromatic N) is 2. The second-order valence-electron chi connectivity index (χ2n) is 5.92. The zero-order chi connectivity index (χ0) is 15.0. The van der Waals surface area contributed by atoms with Gasteiger partial charge in [0.1, 0.15) is 5.82 Å². The molecule has 1 aliphatic rings. The maximum absolute atomic E-state index is 4.55. The lowest BCUT2D eigenvalue weighted by Crippen LogP contribution is -2.05. The fraction of sp³-hybridized carbons (Fsp3) is 0.412. The van der Waals surface area contributed by atoms with Crippen molar-refractivity contribution in [3.8, 4) is 0 Å². The van der Waals surface area contributed by atoms with Gasteiger partial charge in [-0.3, -0.25) is 0 Å². The number of hydrogen-bond acceptors (Lipinski definition) is 4. The second kappa shape index (κ2) is 5.35. The van der Waals surface area contributed by atoms with Crippen molar-refractivity contribution in [1.29, 1.82) is 0 Å². The average molecular weight is 282 g/mol. The highest BCUT2D eigenvalue weighted by Gasteiger charge is 2.26. The molecule has 1 heterocycles. The Morgan fingerprint density at radius 2 is 1.67 bits per heavy atom. The first-order valence-electron chi connectivity index (χ1n) is 7.48. The third-order valence-corrected chi connectivity index (χ3v) is 3.90. The van der Waals surface area contributed by atoms with Crippen molar-refractivity contribution in [2.45, 2.75) is 39.5 Å². The topological polar surface area (TPSA) is 49.8 Å². The van der Waals surface area contributed by atoms with Gasteiger partial charge in [-0.25, -0.2) is 4.98 Å². The number of anilines is 3. The van der Waals surface area contributed by atoms with Crippen LogP contribution in [0.15, 0.2) is 18.2 Å². The average Bonchev–Trinajstić information content (AvgIpc) is 3.27. The molecule has 21 heavy (non-hydrogen) atoms. The first-order chi connectivity index (χ1) is 10.1. The van der Waals surface area contributed by atoms with Gasteiger partial charge in [0.2, 0.25) is 5.95 Å². The van der Waals surface area contributed by atoms with E-state index in [1.165, 1.54) is 29.5 Å². The number of aryl methyl sites for hydroxylation is 3. The minimum Gasteiger partial charge on any atom is -0.357 e. The zero-order valence-corrected chi connectivity index (χ0v) is 13.1. The van der Waals surface area contributed by atoms with Crippen LogP contribution in [0.4, 0.5) is 17.5 Å². The van der Waals surface area contributed by atoms with Crippen LogP contribution in [-0.2, 0) is 0 Å². The van der Waals surface area contributed by atoms with E-state index in [4.69, 9.17) is 0 Å². The molecule has 1 fully saturated rings. The van der Waals surface area contributed by atoms with Crippen molar-refractivity contribution in [2.75, 3.05) is 17.7 Å². The molecule has 0 bridgehead atoms. The van der Waals surface area contributed by atoms with Crippen LogP contribution in [0, 0.1) is 20.8 Å². The second-order valence-corrected chi connectivity index (χ2v) is 5.92. The predicted molar refractivity (Wildman–Crippen MR) is 87.5 cm³/mol. The lowest BCUT2D eigenvalue weighted by atomic mass is 10.1. The molecule has 2 N–H and O–H groups in total. The van der Waals surface area contributed by atoms with Gasteiger partial charge in [0, 0.05) is 24.7 Å². The molecule has 2 aromatic rings. The molecular weight excluding hydrogens is 260 g/mol. The van der Waals surface area contributed by atoms with E-state index in [0.29, 0.717) is 11.9 Å². The molecular formula is C17H22N4. The van der Waals surface area contributed by atoms with E-state index in [-0.39, 0.29) is 0 Å². The van der Waals surface area contributed by atoms with Crippen LogP contribution in [0.25, 0.3) is 0 Å². The highest BCUT2D eigenvalue weighted by molar-refractivity contribution is 5.66. The molecule has 110 valence electrons. The number of benzene rings is 1. The van der Waals surface area contributed by atoms with Gasteiger partial charge in [-0.15, -0.1) is 0 Å². The number of aromatic nitrogens is 2. The van der Waals surface area contributed by atoms with Gasteiger partial charge in [0.05, 0.1) is 5.69 Å². The van der Waals surface area contributed by atoms with Crippen LogP contribution in [0.2, 0.25) is 0 Å². The summed E-state index contributed by atoms with van der Waals surface area (Å²) in [6.07, 6.45) is 2.48. The van der Waals surface area contributed by atoms with Crippen LogP contribution in [-0.4, -0.2) is 17.0 Å². The van der Waals surface area contributed by atoms with E-state index < -0.39 is 0 Å². The van der Waals surface area contributed by atoms with E-state index in [1.807, 2.05) is 7.05 Å². The van der Waals surface area contributed by atoms with Crippen molar-refractivity contribution in [2.24, 2.45) is 0 Å². The molecule has 0 amide bonds. The predicted octanol–water partition coefficient (Wildman–Crippen LogP) is 4.06. The Kier molecular flexibility index (Phi) is 3.53. The maximum atomic E-state index is 4.55. The maximum Gasteiger partial charge on any atom is 0.224 e. The van der Waals surface area contributed by atoms with E-state index in [9.17, 15) is 0 Å². The van der Waals surface area contributed by atoms with E-state index in [1.54, 1.807) is 0 Å². The first-order valence-corrected chi connectivity index (χ1v) is 7.48. The smallest absolute Gasteiger partial charge is 0.224 e. The summed E-state index contributed by atoms with van der Waals surface area (Å²) in [6.45, 7) is 6.38. The first kappa shape index (κ1) is 13.9. The molecule has 1 aromatic heterocycles. The molecule has 0 spiro atoms. The fourth-order valence-corrected chi connectivity index (χ4v) is 2.74. The summed E-state index contributed by atoms with van der Waals surface area (Å²) in [5.74, 6) is 2.16. The summed E-state index contributed by atoms with van der Waals surface area (Å²) >= 11 is 0. The van der Waals surface area contributed by atoms with E-state index in [0.717, 1.165) is 17.2 Å². The van der Waals surface area contributed by atoms with Gasteiger partial charge in [0.15, 0.2) is 0 Å². The van der Waals surface area contributed by atoms with Crippen molar-refractivity contribution < 1.29 is 0 Å². The molecule has 0 saturated heterocycles. The third-order valence-electron chi connectivity index (χ3n) is 3.90. The van der Waals surface area contributed by atoms with Gasteiger partial charge in [-0.05, 0) is 44.7 Å². The molecule has 4 heteroatoms. The lowest BCUT2D eigenvalue weighted by Gasteiger charge is -2.14. The van der Waals surface area contributed by atoms with Crippen LogP contribution >= 0.6 is 0 Å². The van der Waals surface area contributed by atoms with Crippen molar-refractivity contribution in [3.63, 3.8) is 0 Å². The van der Waals surface area contributed by atoms with Crippen molar-refractivity contribution >= 4 is 17.5 Å². The highest BCUT2D eigenvalue weighted by Crippen LogP contribution is 2.40. The fourth-order valence-electron chi connectivity index (χ4n) is 2.74. The molecule has 0 aliphatic heterocycles. The van der Waals surface area contributed by atoms with E-state index >= 15 is 0 Å². The van der Waals surface area contributed by atoms with Gasteiger partial charge in [-0.2, -0.15) is 4.98 Å². The van der Waals surface area contributed by atoms with Gasteiger partial charge in [-0.1, -0.05) is 17.7 Å². The molecule has 4 nitrogen and oxygen atoms in total. The van der Waals surface area contributed by atoms with Crippen LogP contribution in [0.3, 0.4) is 0 Å². The Bertz CT molecular complexity index is 651. The quantitative estimate of drug-likeness (QED) is 0.887. The highest BCUT2D eigenvalue weighted by atomic mass is 15.1. The zero-order valence-electron chi connectivity index (χ0n) is 13.1. The summed E-state index contributed by atoms with van der Waals surface area (Å²) in [4.78, 5) is 9.08.